The molecule has 0 aromatic carbocycles. The van der Waals surface area contributed by atoms with E-state index in [-0.39, 0.29) is 5.56 Å². The topological polar surface area (TPSA) is 58.6 Å². The Hall–Kier alpha value is -1.14. The lowest BCUT2D eigenvalue weighted by Gasteiger charge is -2.01. The summed E-state index contributed by atoms with van der Waals surface area (Å²) in [4.78, 5) is 23.5. The smallest absolute Gasteiger partial charge is 0.255 e. The van der Waals surface area contributed by atoms with Crippen molar-refractivity contribution in [3.8, 4) is 0 Å². The first-order valence-corrected chi connectivity index (χ1v) is 7.35. The molecule has 0 saturated carbocycles. The molecular weight excluding hydrogens is 254 g/mol. The Morgan fingerprint density at radius 2 is 2.29 bits per heavy atom. The van der Waals surface area contributed by atoms with Gasteiger partial charge in [0, 0.05) is 28.9 Å². The maximum absolute atomic E-state index is 11.8. The van der Waals surface area contributed by atoms with Crippen molar-refractivity contribution in [2.24, 2.45) is 0 Å². The molecule has 4 nitrogen and oxygen atoms in total. The molecular formula is C11H11N3OS2. The Balaban J connectivity index is 1.94. The molecule has 17 heavy (non-hydrogen) atoms. The number of thiazole rings is 1. The zero-order valence-electron chi connectivity index (χ0n) is 9.32. The molecule has 0 unspecified atom stereocenters. The fourth-order valence-corrected chi connectivity index (χ4v) is 3.51. The zero-order valence-corrected chi connectivity index (χ0v) is 11.0. The molecule has 0 spiro atoms. The molecule has 3 heterocycles. The number of aromatic amines is 1. The molecule has 0 saturated heterocycles. The molecule has 2 aromatic heterocycles. The van der Waals surface area contributed by atoms with Gasteiger partial charge < -0.3 is 4.98 Å². The highest BCUT2D eigenvalue weighted by Crippen LogP contribution is 2.25. The molecule has 2 aromatic rings. The van der Waals surface area contributed by atoms with Crippen LogP contribution in [0, 0.1) is 6.92 Å². The van der Waals surface area contributed by atoms with Gasteiger partial charge in [0.05, 0.1) is 16.4 Å². The molecule has 3 rings (SSSR count). The lowest BCUT2D eigenvalue weighted by molar-refractivity contribution is 0.888. The van der Waals surface area contributed by atoms with Crippen LogP contribution in [0.3, 0.4) is 0 Å². The first kappa shape index (κ1) is 11.0. The number of thioether (sulfide) groups is 1. The number of H-pyrrole nitrogens is 1. The van der Waals surface area contributed by atoms with Crippen LogP contribution in [0.15, 0.2) is 10.2 Å². The van der Waals surface area contributed by atoms with Crippen LogP contribution in [0.25, 0.3) is 0 Å². The summed E-state index contributed by atoms with van der Waals surface area (Å²) in [7, 11) is 0. The summed E-state index contributed by atoms with van der Waals surface area (Å²) in [6, 6.07) is 0. The highest BCUT2D eigenvalue weighted by atomic mass is 32.2. The molecule has 1 aliphatic heterocycles. The number of fused-ring (bicyclic) bond motifs is 1. The summed E-state index contributed by atoms with van der Waals surface area (Å²) in [5.74, 6) is 2.36. The van der Waals surface area contributed by atoms with E-state index in [1.807, 2.05) is 12.3 Å². The summed E-state index contributed by atoms with van der Waals surface area (Å²) in [6.45, 7) is 1.98. The summed E-state index contributed by atoms with van der Waals surface area (Å²) in [5.41, 5.74) is 2.78. The van der Waals surface area contributed by atoms with Gasteiger partial charge >= 0.3 is 0 Å². The minimum Gasteiger partial charge on any atom is -0.310 e. The Morgan fingerprint density at radius 1 is 1.41 bits per heavy atom. The quantitative estimate of drug-likeness (QED) is 0.900. The van der Waals surface area contributed by atoms with Gasteiger partial charge in [0.25, 0.3) is 5.56 Å². The maximum atomic E-state index is 11.8. The van der Waals surface area contributed by atoms with E-state index in [9.17, 15) is 4.79 Å². The van der Waals surface area contributed by atoms with Crippen molar-refractivity contribution in [1.29, 1.82) is 0 Å². The van der Waals surface area contributed by atoms with Gasteiger partial charge in [0.15, 0.2) is 0 Å². The van der Waals surface area contributed by atoms with E-state index in [0.29, 0.717) is 6.42 Å². The van der Waals surface area contributed by atoms with Crippen LogP contribution in [-0.4, -0.2) is 15.0 Å². The van der Waals surface area contributed by atoms with Crippen LogP contribution in [0.4, 0.5) is 0 Å². The zero-order chi connectivity index (χ0) is 11.8. The largest absolute Gasteiger partial charge is 0.310 e. The van der Waals surface area contributed by atoms with E-state index in [4.69, 9.17) is 0 Å². The number of aromatic nitrogens is 3. The molecule has 1 N–H and O–H groups in total. The molecule has 88 valence electrons. The Labute approximate surface area is 107 Å². The number of hydrogen-bond acceptors (Lipinski definition) is 5. The van der Waals surface area contributed by atoms with Crippen LogP contribution in [0.5, 0.6) is 0 Å². The van der Waals surface area contributed by atoms with Crippen LogP contribution in [-0.2, 0) is 17.9 Å². The highest BCUT2D eigenvalue weighted by Gasteiger charge is 2.17. The summed E-state index contributed by atoms with van der Waals surface area (Å²) < 4.78 is 0. The maximum Gasteiger partial charge on any atom is 0.255 e. The Morgan fingerprint density at radius 3 is 3.06 bits per heavy atom. The first-order valence-electron chi connectivity index (χ1n) is 5.32. The molecule has 0 aliphatic carbocycles. The van der Waals surface area contributed by atoms with Crippen LogP contribution in [0.2, 0.25) is 0 Å². The van der Waals surface area contributed by atoms with E-state index in [1.165, 1.54) is 0 Å². The van der Waals surface area contributed by atoms with Crippen LogP contribution in [0.1, 0.15) is 27.8 Å². The van der Waals surface area contributed by atoms with E-state index in [0.717, 1.165) is 39.3 Å². The molecule has 0 bridgehead atoms. The summed E-state index contributed by atoms with van der Waals surface area (Å²) in [5, 5.41) is 3.05. The average Bonchev–Trinajstić information content (AvgIpc) is 2.87. The monoisotopic (exact) mass is 265 g/mol. The van der Waals surface area contributed by atoms with Crippen molar-refractivity contribution < 1.29 is 0 Å². The average molecular weight is 265 g/mol. The van der Waals surface area contributed by atoms with Crippen molar-refractivity contribution in [2.45, 2.75) is 24.9 Å². The van der Waals surface area contributed by atoms with Gasteiger partial charge in [-0.1, -0.05) is 0 Å². The van der Waals surface area contributed by atoms with E-state index in [2.05, 4.69) is 15.0 Å². The molecule has 6 heteroatoms. The van der Waals surface area contributed by atoms with Crippen LogP contribution >= 0.6 is 23.1 Å². The molecule has 0 atom stereocenters. The third kappa shape index (κ3) is 2.14. The van der Waals surface area contributed by atoms with Gasteiger partial charge in [-0.05, 0) is 6.92 Å². The van der Waals surface area contributed by atoms with Crippen LogP contribution < -0.4 is 5.56 Å². The minimum absolute atomic E-state index is 0.0157. The van der Waals surface area contributed by atoms with Gasteiger partial charge in [0.2, 0.25) is 0 Å². The summed E-state index contributed by atoms with van der Waals surface area (Å²) in [6.07, 6.45) is 0.609. The lowest BCUT2D eigenvalue weighted by Crippen LogP contribution is -2.17. The number of nitrogens with one attached hydrogen (secondary N) is 1. The standard InChI is InChI=1S/C11H11N3OS2/c1-6-12-7(3-17-6)2-10-13-9-5-16-4-8(9)11(15)14-10/h3H,2,4-5H2,1H3,(H,13,14,15). The second-order valence-corrected chi connectivity index (χ2v) is 6.01. The van der Waals surface area contributed by atoms with E-state index in [1.54, 1.807) is 23.1 Å². The fraction of sp³-hybridized carbons (Fsp3) is 0.364. The fourth-order valence-electron chi connectivity index (χ4n) is 1.86. The molecule has 0 radical (unpaired) electrons. The summed E-state index contributed by atoms with van der Waals surface area (Å²) >= 11 is 3.36. The normalized spacial score (nSPS) is 13.9. The number of nitrogens with zero attached hydrogens (tertiary/aromatic N) is 2. The predicted octanol–water partition coefficient (Wildman–Crippen LogP) is 1.87. The molecule has 0 amide bonds. The SMILES string of the molecule is Cc1nc(Cc2nc3c(c(=O)[nH]2)CSC3)cs1. The highest BCUT2D eigenvalue weighted by molar-refractivity contribution is 7.98. The van der Waals surface area contributed by atoms with Crippen molar-refractivity contribution in [2.75, 3.05) is 0 Å². The lowest BCUT2D eigenvalue weighted by atomic mass is 10.2. The van der Waals surface area contributed by atoms with Crippen molar-refractivity contribution in [3.05, 3.63) is 43.5 Å². The minimum atomic E-state index is 0.0157. The number of hydrogen-bond donors (Lipinski definition) is 1. The van der Waals surface area contributed by atoms with E-state index >= 15 is 0 Å². The van der Waals surface area contributed by atoms with Gasteiger partial charge in [-0.3, -0.25) is 4.79 Å². The van der Waals surface area contributed by atoms with Gasteiger partial charge in [-0.25, -0.2) is 9.97 Å². The second kappa shape index (κ2) is 4.27. The number of aryl methyl sites for hydroxylation is 1. The third-order valence-electron chi connectivity index (χ3n) is 2.65. The Bertz CT molecular complexity index is 617. The predicted molar refractivity (Wildman–Crippen MR) is 69.5 cm³/mol. The first-order chi connectivity index (χ1) is 8.22. The van der Waals surface area contributed by atoms with E-state index < -0.39 is 0 Å². The van der Waals surface area contributed by atoms with Gasteiger partial charge in [-0.15, -0.1) is 11.3 Å². The van der Waals surface area contributed by atoms with Gasteiger partial charge in [0.1, 0.15) is 5.82 Å². The number of rotatable bonds is 2. The third-order valence-corrected chi connectivity index (χ3v) is 4.44. The van der Waals surface area contributed by atoms with Crippen molar-refractivity contribution in [3.63, 3.8) is 0 Å². The molecule has 1 aliphatic rings. The second-order valence-electron chi connectivity index (χ2n) is 3.97. The van der Waals surface area contributed by atoms with Crippen molar-refractivity contribution >= 4 is 23.1 Å². The van der Waals surface area contributed by atoms with Crippen molar-refractivity contribution in [1.82, 2.24) is 15.0 Å². The molecule has 0 fully saturated rings. The van der Waals surface area contributed by atoms with Gasteiger partial charge in [-0.2, -0.15) is 11.8 Å². The Kier molecular flexibility index (Phi) is 2.76.